The van der Waals surface area contributed by atoms with Gasteiger partial charge < -0.3 is 0 Å². The molecule has 9 heteroatoms. The number of fused-ring (bicyclic) bond motifs is 1. The van der Waals surface area contributed by atoms with Crippen LogP contribution in [0.1, 0.15) is 18.5 Å². The highest BCUT2D eigenvalue weighted by atomic mass is 35.5. The van der Waals surface area contributed by atoms with Crippen molar-refractivity contribution in [3.8, 4) is 0 Å². The van der Waals surface area contributed by atoms with Crippen molar-refractivity contribution in [1.82, 2.24) is 9.97 Å². The number of carbonyl (C=O) groups excluding carboxylic acids is 1. The fourth-order valence-electron chi connectivity index (χ4n) is 3.20. The Bertz CT molecular complexity index is 1290. The zero-order chi connectivity index (χ0) is 22.6. The number of aromatic nitrogens is 2. The first-order valence-corrected chi connectivity index (χ1v) is 12.8. The molecule has 4 rings (SSSR count). The molecule has 1 amide bonds. The van der Waals surface area contributed by atoms with E-state index < -0.39 is 9.84 Å². The number of hydrogen-bond donors (Lipinski definition) is 0. The van der Waals surface area contributed by atoms with Crippen LogP contribution in [-0.4, -0.2) is 30.0 Å². The number of hydrogen-bond acceptors (Lipinski definition) is 6. The van der Waals surface area contributed by atoms with Gasteiger partial charge in [-0.25, -0.2) is 13.4 Å². The summed E-state index contributed by atoms with van der Waals surface area (Å²) < 4.78 is 26.1. The quantitative estimate of drug-likeness (QED) is 0.345. The predicted molar refractivity (Wildman–Crippen MR) is 128 cm³/mol. The Morgan fingerprint density at radius 1 is 1.00 bits per heavy atom. The Kier molecular flexibility index (Phi) is 6.83. The third-order valence-corrected chi connectivity index (χ3v) is 7.97. The fraction of sp³-hybridized carbons (Fsp3) is 0.174. The molecule has 4 aromatic rings. The van der Waals surface area contributed by atoms with Gasteiger partial charge in [0.15, 0.2) is 15.0 Å². The molecule has 2 heterocycles. The molecule has 164 valence electrons. The highest BCUT2D eigenvalue weighted by molar-refractivity contribution is 7.91. The van der Waals surface area contributed by atoms with E-state index in [-0.39, 0.29) is 35.9 Å². The van der Waals surface area contributed by atoms with E-state index in [0.29, 0.717) is 10.2 Å². The lowest BCUT2D eigenvalue weighted by atomic mass is 10.2. The summed E-state index contributed by atoms with van der Waals surface area (Å²) in [5.41, 5.74) is 1.55. The van der Waals surface area contributed by atoms with Crippen LogP contribution in [0.25, 0.3) is 10.2 Å². The first-order chi connectivity index (χ1) is 15.4. The zero-order valence-corrected chi connectivity index (χ0v) is 19.4. The van der Waals surface area contributed by atoms with Crippen molar-refractivity contribution in [3.63, 3.8) is 0 Å². The molecule has 2 aromatic heterocycles. The average molecular weight is 486 g/mol. The van der Waals surface area contributed by atoms with Gasteiger partial charge in [0.25, 0.3) is 0 Å². The smallest absolute Gasteiger partial charge is 0.229 e. The number of nitrogens with zero attached hydrogens (tertiary/aromatic N) is 3. The molecule has 0 atom stereocenters. The topological polar surface area (TPSA) is 80.2 Å². The molecule has 0 unspecified atom stereocenters. The van der Waals surface area contributed by atoms with Crippen molar-refractivity contribution in [2.45, 2.75) is 24.3 Å². The number of para-hydroxylation sites is 1. The van der Waals surface area contributed by atoms with E-state index in [4.69, 9.17) is 11.6 Å². The Balaban J connectivity index is 1.50. The highest BCUT2D eigenvalue weighted by Gasteiger charge is 2.22. The number of thiazole rings is 1. The van der Waals surface area contributed by atoms with Gasteiger partial charge >= 0.3 is 0 Å². The Labute approximate surface area is 195 Å². The molecule has 0 aliphatic heterocycles. The summed E-state index contributed by atoms with van der Waals surface area (Å²) in [4.78, 5) is 23.9. The molecular weight excluding hydrogens is 466 g/mol. The van der Waals surface area contributed by atoms with E-state index in [1.807, 2.05) is 42.5 Å². The standard InChI is InChI=1S/C23H20ClN3O3S2/c24-17-10-12-19(13-11-17)32(29,30)15-5-9-22(28)27(16-18-6-3-4-14-25-18)23-26-20-7-1-2-8-21(20)31-23/h1-4,6-8,10-14H,5,9,15-16H2. The van der Waals surface area contributed by atoms with Crippen LogP contribution < -0.4 is 4.90 Å². The number of benzene rings is 2. The molecule has 32 heavy (non-hydrogen) atoms. The first kappa shape index (κ1) is 22.4. The Morgan fingerprint density at radius 2 is 1.75 bits per heavy atom. The molecule has 0 aliphatic rings. The van der Waals surface area contributed by atoms with Gasteiger partial charge in [-0.15, -0.1) is 0 Å². The lowest BCUT2D eigenvalue weighted by Gasteiger charge is -2.19. The van der Waals surface area contributed by atoms with Gasteiger partial charge in [-0.05, 0) is 55.0 Å². The summed E-state index contributed by atoms with van der Waals surface area (Å²) >= 11 is 7.27. The first-order valence-electron chi connectivity index (χ1n) is 9.96. The Morgan fingerprint density at radius 3 is 2.47 bits per heavy atom. The summed E-state index contributed by atoms with van der Waals surface area (Å²) in [7, 11) is -3.50. The maximum absolute atomic E-state index is 13.1. The van der Waals surface area contributed by atoms with Gasteiger partial charge in [0, 0.05) is 17.6 Å². The molecule has 0 radical (unpaired) electrons. The van der Waals surface area contributed by atoms with Crippen LogP contribution in [0.5, 0.6) is 0 Å². The number of rotatable bonds is 8. The minimum atomic E-state index is -3.50. The van der Waals surface area contributed by atoms with Crippen molar-refractivity contribution in [2.24, 2.45) is 0 Å². The lowest BCUT2D eigenvalue weighted by molar-refractivity contribution is -0.118. The van der Waals surface area contributed by atoms with E-state index in [1.165, 1.54) is 23.5 Å². The number of amides is 1. The third kappa shape index (κ3) is 5.32. The number of sulfone groups is 1. The van der Waals surface area contributed by atoms with Crippen LogP contribution in [-0.2, 0) is 21.2 Å². The van der Waals surface area contributed by atoms with Gasteiger partial charge in [-0.1, -0.05) is 41.1 Å². The SMILES string of the molecule is O=C(CCCS(=O)(=O)c1ccc(Cl)cc1)N(Cc1ccccn1)c1nc2ccccc2s1. The van der Waals surface area contributed by atoms with Crippen LogP contribution in [0, 0.1) is 0 Å². The second-order valence-corrected chi connectivity index (χ2v) is 10.7. The van der Waals surface area contributed by atoms with Gasteiger partial charge in [0.2, 0.25) is 5.91 Å². The molecule has 0 fully saturated rings. The number of pyridine rings is 1. The zero-order valence-electron chi connectivity index (χ0n) is 17.0. The van der Waals surface area contributed by atoms with Crippen LogP contribution in [0.3, 0.4) is 0 Å². The van der Waals surface area contributed by atoms with Crippen LogP contribution in [0.4, 0.5) is 5.13 Å². The van der Waals surface area contributed by atoms with E-state index in [1.54, 1.807) is 23.2 Å². The van der Waals surface area contributed by atoms with E-state index in [9.17, 15) is 13.2 Å². The van der Waals surface area contributed by atoms with Crippen LogP contribution in [0.2, 0.25) is 5.02 Å². The molecule has 0 saturated heterocycles. The summed E-state index contributed by atoms with van der Waals surface area (Å²) in [6.45, 7) is 0.267. The number of halogens is 1. The molecule has 0 saturated carbocycles. The molecule has 0 bridgehead atoms. The summed E-state index contributed by atoms with van der Waals surface area (Å²) in [6, 6.07) is 19.3. The van der Waals surface area contributed by atoms with Crippen molar-refractivity contribution in [3.05, 3.63) is 83.6 Å². The largest absolute Gasteiger partial charge is 0.282 e. The van der Waals surface area contributed by atoms with Gasteiger partial charge in [0.1, 0.15) is 0 Å². The predicted octanol–water partition coefficient (Wildman–Crippen LogP) is 5.13. The van der Waals surface area contributed by atoms with Crippen LogP contribution in [0.15, 0.2) is 77.8 Å². The van der Waals surface area contributed by atoms with E-state index in [0.717, 1.165) is 15.9 Å². The minimum Gasteiger partial charge on any atom is -0.282 e. The van der Waals surface area contributed by atoms with Crippen molar-refractivity contribution >= 4 is 54.0 Å². The fourth-order valence-corrected chi connectivity index (χ4v) is 5.62. The van der Waals surface area contributed by atoms with Gasteiger partial charge in [-0.3, -0.25) is 14.7 Å². The van der Waals surface area contributed by atoms with Gasteiger partial charge in [-0.2, -0.15) is 0 Å². The molecular formula is C23H20ClN3O3S2. The normalized spacial score (nSPS) is 11.5. The second-order valence-electron chi connectivity index (χ2n) is 7.14. The molecule has 0 aliphatic carbocycles. The maximum Gasteiger partial charge on any atom is 0.229 e. The molecule has 0 N–H and O–H groups in total. The monoisotopic (exact) mass is 485 g/mol. The summed E-state index contributed by atoms with van der Waals surface area (Å²) in [5.74, 6) is -0.321. The minimum absolute atomic E-state index is 0.0789. The summed E-state index contributed by atoms with van der Waals surface area (Å²) in [6.07, 6.45) is 1.96. The van der Waals surface area contributed by atoms with E-state index >= 15 is 0 Å². The molecule has 6 nitrogen and oxygen atoms in total. The van der Waals surface area contributed by atoms with Gasteiger partial charge in [0.05, 0.1) is 33.1 Å². The molecule has 2 aromatic carbocycles. The van der Waals surface area contributed by atoms with Crippen molar-refractivity contribution in [2.75, 3.05) is 10.7 Å². The summed E-state index contributed by atoms with van der Waals surface area (Å²) in [5, 5.41) is 1.04. The number of anilines is 1. The lowest BCUT2D eigenvalue weighted by Crippen LogP contribution is -2.30. The van der Waals surface area contributed by atoms with Crippen LogP contribution >= 0.6 is 22.9 Å². The molecule has 0 spiro atoms. The van der Waals surface area contributed by atoms with E-state index in [2.05, 4.69) is 9.97 Å². The average Bonchev–Trinajstić information content (AvgIpc) is 3.22. The third-order valence-electron chi connectivity index (χ3n) is 4.84. The number of carbonyl (C=O) groups is 1. The second kappa shape index (κ2) is 9.77. The maximum atomic E-state index is 13.1. The van der Waals surface area contributed by atoms with Crippen molar-refractivity contribution < 1.29 is 13.2 Å². The Hall–Kier alpha value is -2.81. The highest BCUT2D eigenvalue weighted by Crippen LogP contribution is 2.30. The van der Waals surface area contributed by atoms with Crippen molar-refractivity contribution in [1.29, 1.82) is 0 Å².